The number of hydrogen-bond acceptors (Lipinski definition) is 3. The van der Waals surface area contributed by atoms with Crippen LogP contribution in [-0.4, -0.2) is 33.1 Å². The standard InChI is InChI=1S/C15H24ClN3O/c1-11(2)8-18-15(20)10-19(4)14-7-5-6-13(16)12(14)9-17-3/h5-7,11,17H,8-10H2,1-4H3,(H,18,20). The van der Waals surface area contributed by atoms with Crippen molar-refractivity contribution in [3.63, 3.8) is 0 Å². The van der Waals surface area contributed by atoms with E-state index in [1.54, 1.807) is 0 Å². The van der Waals surface area contributed by atoms with Gasteiger partial charge in [0.1, 0.15) is 0 Å². The third kappa shape index (κ3) is 5.02. The highest BCUT2D eigenvalue weighted by atomic mass is 35.5. The van der Waals surface area contributed by atoms with E-state index in [0.717, 1.165) is 11.3 Å². The second-order valence-electron chi connectivity index (χ2n) is 5.32. The highest BCUT2D eigenvalue weighted by Crippen LogP contribution is 2.26. The molecule has 0 fully saturated rings. The van der Waals surface area contributed by atoms with Crippen LogP contribution in [0.1, 0.15) is 19.4 Å². The smallest absolute Gasteiger partial charge is 0.239 e. The van der Waals surface area contributed by atoms with Gasteiger partial charge in [0, 0.05) is 36.4 Å². The fourth-order valence-corrected chi connectivity index (χ4v) is 2.17. The van der Waals surface area contributed by atoms with Gasteiger partial charge in [0.25, 0.3) is 0 Å². The number of carbonyl (C=O) groups excluding carboxylic acids is 1. The van der Waals surface area contributed by atoms with Gasteiger partial charge in [0.15, 0.2) is 0 Å². The molecular formula is C15H24ClN3O. The summed E-state index contributed by atoms with van der Waals surface area (Å²) in [5, 5.41) is 6.74. The number of anilines is 1. The fraction of sp³-hybridized carbons (Fsp3) is 0.533. The Hall–Kier alpha value is -1.26. The van der Waals surface area contributed by atoms with E-state index in [0.29, 0.717) is 30.6 Å². The Balaban J connectivity index is 2.74. The van der Waals surface area contributed by atoms with Crippen LogP contribution in [0.4, 0.5) is 5.69 Å². The van der Waals surface area contributed by atoms with Gasteiger partial charge >= 0.3 is 0 Å². The highest BCUT2D eigenvalue weighted by molar-refractivity contribution is 6.31. The summed E-state index contributed by atoms with van der Waals surface area (Å²) in [5.74, 6) is 0.479. The van der Waals surface area contributed by atoms with Crippen LogP contribution in [0.3, 0.4) is 0 Å². The molecular weight excluding hydrogens is 274 g/mol. The number of hydrogen-bond donors (Lipinski definition) is 2. The molecule has 0 radical (unpaired) electrons. The predicted octanol–water partition coefficient (Wildman–Crippen LogP) is 2.27. The van der Waals surface area contributed by atoms with Gasteiger partial charge in [0.05, 0.1) is 6.54 Å². The zero-order valence-corrected chi connectivity index (χ0v) is 13.4. The Labute approximate surface area is 126 Å². The summed E-state index contributed by atoms with van der Waals surface area (Å²) in [7, 11) is 3.78. The second-order valence-corrected chi connectivity index (χ2v) is 5.73. The summed E-state index contributed by atoms with van der Waals surface area (Å²) in [4.78, 5) is 13.8. The molecule has 1 aromatic carbocycles. The number of rotatable bonds is 7. The van der Waals surface area contributed by atoms with Crippen molar-refractivity contribution >= 4 is 23.2 Å². The van der Waals surface area contributed by atoms with Gasteiger partial charge in [0.2, 0.25) is 5.91 Å². The molecule has 0 aromatic heterocycles. The molecule has 0 aliphatic heterocycles. The molecule has 0 heterocycles. The zero-order chi connectivity index (χ0) is 15.1. The summed E-state index contributed by atoms with van der Waals surface area (Å²) < 4.78 is 0. The lowest BCUT2D eigenvalue weighted by Gasteiger charge is -2.23. The van der Waals surface area contributed by atoms with E-state index >= 15 is 0 Å². The van der Waals surface area contributed by atoms with Crippen molar-refractivity contribution in [1.29, 1.82) is 0 Å². The van der Waals surface area contributed by atoms with Crippen LogP contribution in [0.2, 0.25) is 5.02 Å². The van der Waals surface area contributed by atoms with Crippen molar-refractivity contribution in [2.24, 2.45) is 5.92 Å². The number of nitrogens with one attached hydrogen (secondary N) is 2. The van der Waals surface area contributed by atoms with Crippen LogP contribution >= 0.6 is 11.6 Å². The van der Waals surface area contributed by atoms with Crippen LogP contribution < -0.4 is 15.5 Å². The first-order valence-corrected chi connectivity index (χ1v) is 7.23. The van der Waals surface area contributed by atoms with Crippen molar-refractivity contribution in [3.8, 4) is 0 Å². The number of halogens is 1. The van der Waals surface area contributed by atoms with Crippen molar-refractivity contribution < 1.29 is 4.79 Å². The number of likely N-dealkylation sites (N-methyl/N-ethyl adjacent to an activating group) is 1. The van der Waals surface area contributed by atoms with E-state index in [4.69, 9.17) is 11.6 Å². The van der Waals surface area contributed by atoms with Crippen molar-refractivity contribution in [2.75, 3.05) is 32.1 Å². The van der Waals surface area contributed by atoms with E-state index in [2.05, 4.69) is 24.5 Å². The Morgan fingerprint density at radius 3 is 2.70 bits per heavy atom. The molecule has 0 spiro atoms. The van der Waals surface area contributed by atoms with Crippen LogP contribution in [-0.2, 0) is 11.3 Å². The fourth-order valence-electron chi connectivity index (χ4n) is 1.93. The summed E-state index contributed by atoms with van der Waals surface area (Å²) in [6.07, 6.45) is 0. The zero-order valence-electron chi connectivity index (χ0n) is 12.7. The third-order valence-corrected chi connectivity index (χ3v) is 3.30. The van der Waals surface area contributed by atoms with Gasteiger partial charge < -0.3 is 15.5 Å². The van der Waals surface area contributed by atoms with Crippen LogP contribution in [0, 0.1) is 5.92 Å². The SMILES string of the molecule is CNCc1c(Cl)cccc1N(C)CC(=O)NCC(C)C. The van der Waals surface area contributed by atoms with E-state index in [1.807, 2.05) is 37.2 Å². The van der Waals surface area contributed by atoms with Crippen molar-refractivity contribution in [3.05, 3.63) is 28.8 Å². The van der Waals surface area contributed by atoms with Crippen molar-refractivity contribution in [1.82, 2.24) is 10.6 Å². The highest BCUT2D eigenvalue weighted by Gasteiger charge is 2.13. The normalized spacial score (nSPS) is 10.7. The van der Waals surface area contributed by atoms with Gasteiger partial charge in [-0.25, -0.2) is 0 Å². The van der Waals surface area contributed by atoms with E-state index in [1.165, 1.54) is 0 Å². The molecule has 20 heavy (non-hydrogen) atoms. The maximum absolute atomic E-state index is 11.9. The van der Waals surface area contributed by atoms with Crippen LogP contribution in [0.15, 0.2) is 18.2 Å². The van der Waals surface area contributed by atoms with Crippen molar-refractivity contribution in [2.45, 2.75) is 20.4 Å². The van der Waals surface area contributed by atoms with Gasteiger partial charge in [-0.3, -0.25) is 4.79 Å². The number of nitrogens with zero attached hydrogens (tertiary/aromatic N) is 1. The van der Waals surface area contributed by atoms with E-state index in [-0.39, 0.29) is 5.91 Å². The first kappa shape index (κ1) is 16.8. The van der Waals surface area contributed by atoms with Gasteiger partial charge in [-0.05, 0) is 25.1 Å². The lowest BCUT2D eigenvalue weighted by Crippen LogP contribution is -2.37. The quantitative estimate of drug-likeness (QED) is 0.811. The Morgan fingerprint density at radius 2 is 2.10 bits per heavy atom. The Morgan fingerprint density at radius 1 is 1.40 bits per heavy atom. The molecule has 0 saturated heterocycles. The maximum Gasteiger partial charge on any atom is 0.239 e. The monoisotopic (exact) mass is 297 g/mol. The van der Waals surface area contributed by atoms with Crippen LogP contribution in [0.5, 0.6) is 0 Å². The lowest BCUT2D eigenvalue weighted by molar-refractivity contribution is -0.119. The van der Waals surface area contributed by atoms with Gasteiger partial charge in [-0.15, -0.1) is 0 Å². The Kier molecular flexibility index (Phi) is 6.82. The summed E-state index contributed by atoms with van der Waals surface area (Å²) in [6.45, 7) is 5.85. The third-order valence-electron chi connectivity index (χ3n) is 2.95. The molecule has 0 atom stereocenters. The average Bonchev–Trinajstić information content (AvgIpc) is 2.38. The molecule has 0 aliphatic carbocycles. The minimum absolute atomic E-state index is 0.0246. The number of benzene rings is 1. The largest absolute Gasteiger partial charge is 0.365 e. The lowest BCUT2D eigenvalue weighted by atomic mass is 10.1. The van der Waals surface area contributed by atoms with Crippen LogP contribution in [0.25, 0.3) is 0 Å². The second kappa shape index (κ2) is 8.12. The van der Waals surface area contributed by atoms with Gasteiger partial charge in [-0.2, -0.15) is 0 Å². The molecule has 112 valence electrons. The molecule has 1 rings (SSSR count). The molecule has 0 bridgehead atoms. The molecule has 2 N–H and O–H groups in total. The molecule has 4 nitrogen and oxygen atoms in total. The minimum Gasteiger partial charge on any atom is -0.365 e. The van der Waals surface area contributed by atoms with Gasteiger partial charge in [-0.1, -0.05) is 31.5 Å². The summed E-state index contributed by atoms with van der Waals surface area (Å²) in [5.41, 5.74) is 1.99. The molecule has 1 aromatic rings. The minimum atomic E-state index is 0.0246. The summed E-state index contributed by atoms with van der Waals surface area (Å²) in [6, 6.07) is 5.75. The van der Waals surface area contributed by atoms with E-state index < -0.39 is 0 Å². The number of carbonyl (C=O) groups is 1. The molecule has 5 heteroatoms. The first-order chi connectivity index (χ1) is 9.45. The molecule has 1 amide bonds. The molecule has 0 saturated carbocycles. The first-order valence-electron chi connectivity index (χ1n) is 6.85. The predicted molar refractivity (Wildman–Crippen MR) is 85.3 cm³/mol. The molecule has 0 aliphatic rings. The van der Waals surface area contributed by atoms with E-state index in [9.17, 15) is 4.79 Å². The Bertz CT molecular complexity index is 449. The average molecular weight is 298 g/mol. The topological polar surface area (TPSA) is 44.4 Å². The number of amides is 1. The summed E-state index contributed by atoms with van der Waals surface area (Å²) >= 11 is 6.22. The maximum atomic E-state index is 11.9. The molecule has 0 unspecified atom stereocenters.